The third-order valence-electron chi connectivity index (χ3n) is 5.36. The lowest BCUT2D eigenvalue weighted by Gasteiger charge is -2.27. The maximum atomic E-state index is 9.39. The van der Waals surface area contributed by atoms with Crippen molar-refractivity contribution in [3.63, 3.8) is 0 Å². The Morgan fingerprint density at radius 1 is 1.32 bits per heavy atom. The minimum Gasteiger partial charge on any atom is -0.396 e. The van der Waals surface area contributed by atoms with Crippen LogP contribution in [0, 0.1) is 19.3 Å². The van der Waals surface area contributed by atoms with Crippen LogP contribution in [0.25, 0.3) is 5.69 Å². The first-order valence-electron chi connectivity index (χ1n) is 9.81. The lowest BCUT2D eigenvalue weighted by atomic mass is 9.84. The van der Waals surface area contributed by atoms with E-state index in [9.17, 15) is 5.11 Å². The number of ether oxygens (including phenoxy) is 1. The molecule has 0 saturated carbocycles. The number of hydrogen-bond donors (Lipinski definition) is 3. The Morgan fingerprint density at radius 3 is 2.79 bits per heavy atom. The quantitative estimate of drug-likeness (QED) is 0.501. The van der Waals surface area contributed by atoms with Gasteiger partial charge in [-0.05, 0) is 44.4 Å². The first kappa shape index (κ1) is 20.4. The van der Waals surface area contributed by atoms with Gasteiger partial charge < -0.3 is 20.5 Å². The summed E-state index contributed by atoms with van der Waals surface area (Å²) in [5.74, 6) is 0.743. The van der Waals surface area contributed by atoms with Crippen LogP contribution in [0.3, 0.4) is 0 Å². The number of rotatable bonds is 7. The monoisotopic (exact) mass is 385 g/mol. The Hall–Kier alpha value is -2.38. The maximum Gasteiger partial charge on any atom is 0.191 e. The largest absolute Gasteiger partial charge is 0.396 e. The van der Waals surface area contributed by atoms with E-state index in [0.29, 0.717) is 13.2 Å². The van der Waals surface area contributed by atoms with Crippen LogP contribution in [0.4, 0.5) is 0 Å². The number of guanidine groups is 1. The highest BCUT2D eigenvalue weighted by Crippen LogP contribution is 2.31. The number of benzene rings is 1. The second-order valence-electron chi connectivity index (χ2n) is 7.52. The van der Waals surface area contributed by atoms with Gasteiger partial charge >= 0.3 is 0 Å². The van der Waals surface area contributed by atoms with Gasteiger partial charge in [0.15, 0.2) is 5.96 Å². The summed E-state index contributed by atoms with van der Waals surface area (Å²) in [5.41, 5.74) is 4.31. The smallest absolute Gasteiger partial charge is 0.191 e. The fraction of sp³-hybridized carbons (Fsp3) is 0.524. The number of aliphatic hydroxyl groups excluding tert-OH is 1. The second-order valence-corrected chi connectivity index (χ2v) is 7.52. The molecule has 7 nitrogen and oxygen atoms in total. The molecule has 1 atom stereocenters. The van der Waals surface area contributed by atoms with Crippen molar-refractivity contribution >= 4 is 5.96 Å². The van der Waals surface area contributed by atoms with E-state index in [4.69, 9.17) is 4.74 Å². The molecule has 1 aliphatic heterocycles. The summed E-state index contributed by atoms with van der Waals surface area (Å²) < 4.78 is 7.55. The van der Waals surface area contributed by atoms with Gasteiger partial charge in [0, 0.05) is 44.5 Å². The average molecular weight is 386 g/mol. The molecule has 3 N–H and O–H groups in total. The summed E-state index contributed by atoms with van der Waals surface area (Å²) in [4.78, 5) is 4.35. The van der Waals surface area contributed by atoms with Gasteiger partial charge in [-0.25, -0.2) is 4.68 Å². The van der Waals surface area contributed by atoms with Crippen LogP contribution in [0.5, 0.6) is 0 Å². The molecule has 1 saturated heterocycles. The van der Waals surface area contributed by atoms with Crippen LogP contribution < -0.4 is 10.6 Å². The Morgan fingerprint density at radius 2 is 2.14 bits per heavy atom. The normalized spacial score (nSPS) is 19.8. The molecule has 1 aliphatic rings. The molecule has 7 heteroatoms. The molecule has 0 amide bonds. The molecule has 3 rings (SSSR count). The molecule has 1 aromatic carbocycles. The molecule has 1 unspecified atom stereocenters. The lowest BCUT2D eigenvalue weighted by Crippen LogP contribution is -2.44. The molecule has 1 fully saturated rings. The van der Waals surface area contributed by atoms with Gasteiger partial charge in [0.25, 0.3) is 0 Å². The van der Waals surface area contributed by atoms with Gasteiger partial charge in [0.2, 0.25) is 0 Å². The van der Waals surface area contributed by atoms with E-state index in [1.165, 1.54) is 0 Å². The standard InChI is InChI=1S/C21H31N5O2/c1-16-12-17(2)26(25-16)19-7-5-4-6-18(19)13-23-20(22-3)24-14-21(8-10-27)9-11-28-15-21/h4-7,12,27H,8-11,13-15H2,1-3H3,(H2,22,23,24). The Bertz CT molecular complexity index is 809. The van der Waals surface area contributed by atoms with E-state index >= 15 is 0 Å². The maximum absolute atomic E-state index is 9.39. The minimum absolute atomic E-state index is 0.0199. The molecule has 152 valence electrons. The van der Waals surface area contributed by atoms with Crippen molar-refractivity contribution in [1.29, 1.82) is 0 Å². The van der Waals surface area contributed by atoms with Crippen LogP contribution >= 0.6 is 0 Å². The van der Waals surface area contributed by atoms with Crippen molar-refractivity contribution in [2.45, 2.75) is 33.2 Å². The predicted molar refractivity (Wildman–Crippen MR) is 111 cm³/mol. The van der Waals surface area contributed by atoms with Crippen molar-refractivity contribution < 1.29 is 9.84 Å². The zero-order valence-corrected chi connectivity index (χ0v) is 17.0. The van der Waals surface area contributed by atoms with Crippen LogP contribution in [0.2, 0.25) is 0 Å². The van der Waals surface area contributed by atoms with Crippen molar-refractivity contribution in [3.05, 3.63) is 47.3 Å². The van der Waals surface area contributed by atoms with Crippen LogP contribution in [-0.4, -0.2) is 54.3 Å². The van der Waals surface area contributed by atoms with Crippen molar-refractivity contribution in [2.24, 2.45) is 10.4 Å². The van der Waals surface area contributed by atoms with Gasteiger partial charge in [-0.3, -0.25) is 4.99 Å². The van der Waals surface area contributed by atoms with Crippen molar-refractivity contribution in [2.75, 3.05) is 33.4 Å². The highest BCUT2D eigenvalue weighted by molar-refractivity contribution is 5.79. The van der Waals surface area contributed by atoms with Crippen molar-refractivity contribution in [1.82, 2.24) is 20.4 Å². The summed E-state index contributed by atoms with van der Waals surface area (Å²) in [7, 11) is 1.77. The first-order chi connectivity index (χ1) is 13.6. The number of aliphatic hydroxyl groups is 1. The molecule has 2 aromatic rings. The van der Waals surface area contributed by atoms with Crippen LogP contribution in [0.1, 0.15) is 29.8 Å². The number of aryl methyl sites for hydroxylation is 2. The summed E-state index contributed by atoms with van der Waals surface area (Å²) in [6.07, 6.45) is 1.69. The Balaban J connectivity index is 1.65. The molecule has 2 heterocycles. The average Bonchev–Trinajstić information content (AvgIpc) is 3.29. The molecule has 0 radical (unpaired) electrons. The summed E-state index contributed by atoms with van der Waals surface area (Å²) >= 11 is 0. The zero-order valence-electron chi connectivity index (χ0n) is 17.0. The van der Waals surface area contributed by atoms with Gasteiger partial charge in [0.05, 0.1) is 18.0 Å². The predicted octanol–water partition coefficient (Wildman–Crippen LogP) is 1.94. The number of hydrogen-bond acceptors (Lipinski definition) is 4. The zero-order chi connectivity index (χ0) is 20.0. The first-order valence-corrected chi connectivity index (χ1v) is 9.81. The number of nitrogens with one attached hydrogen (secondary N) is 2. The topological polar surface area (TPSA) is 83.7 Å². The van der Waals surface area contributed by atoms with Gasteiger partial charge in [-0.2, -0.15) is 5.10 Å². The summed E-state index contributed by atoms with van der Waals surface area (Å²) in [6, 6.07) is 10.3. The molecule has 0 aliphatic carbocycles. The second kappa shape index (κ2) is 9.21. The number of aromatic nitrogens is 2. The highest BCUT2D eigenvalue weighted by Gasteiger charge is 2.34. The lowest BCUT2D eigenvalue weighted by molar-refractivity contribution is 0.127. The Labute approximate surface area is 166 Å². The van der Waals surface area contributed by atoms with Gasteiger partial charge in [-0.1, -0.05) is 18.2 Å². The van der Waals surface area contributed by atoms with Gasteiger partial charge in [0.1, 0.15) is 0 Å². The third kappa shape index (κ3) is 4.72. The van der Waals surface area contributed by atoms with E-state index in [1.807, 2.05) is 23.7 Å². The van der Waals surface area contributed by atoms with E-state index in [1.54, 1.807) is 7.05 Å². The molecule has 0 spiro atoms. The number of para-hydroxylation sites is 1. The third-order valence-corrected chi connectivity index (χ3v) is 5.36. The van der Waals surface area contributed by atoms with E-state index < -0.39 is 0 Å². The fourth-order valence-corrected chi connectivity index (χ4v) is 3.72. The minimum atomic E-state index is -0.0199. The molecule has 0 bridgehead atoms. The highest BCUT2D eigenvalue weighted by atomic mass is 16.5. The van der Waals surface area contributed by atoms with E-state index in [2.05, 4.69) is 45.8 Å². The van der Waals surface area contributed by atoms with Gasteiger partial charge in [-0.15, -0.1) is 0 Å². The molecule has 1 aromatic heterocycles. The van der Waals surface area contributed by atoms with Crippen LogP contribution in [0.15, 0.2) is 35.3 Å². The van der Waals surface area contributed by atoms with Crippen molar-refractivity contribution in [3.8, 4) is 5.69 Å². The number of nitrogens with zero attached hydrogens (tertiary/aromatic N) is 3. The fourth-order valence-electron chi connectivity index (χ4n) is 3.72. The molecular weight excluding hydrogens is 354 g/mol. The van der Waals surface area contributed by atoms with E-state index in [0.717, 1.165) is 54.6 Å². The Kier molecular flexibility index (Phi) is 6.70. The number of aliphatic imine (C=N–C) groups is 1. The SMILES string of the molecule is CN=C(NCc1ccccc1-n1nc(C)cc1C)NCC1(CCO)CCOC1. The summed E-state index contributed by atoms with van der Waals surface area (Å²) in [5, 5.41) is 20.8. The summed E-state index contributed by atoms with van der Waals surface area (Å²) in [6.45, 7) is 7.04. The van der Waals surface area contributed by atoms with Crippen LogP contribution in [-0.2, 0) is 11.3 Å². The molecular formula is C21H31N5O2. The molecule has 28 heavy (non-hydrogen) atoms. The van der Waals surface area contributed by atoms with E-state index in [-0.39, 0.29) is 12.0 Å².